The molecule has 2 unspecified atom stereocenters. The van der Waals surface area contributed by atoms with Crippen LogP contribution in [0.25, 0.3) is 0 Å². The van der Waals surface area contributed by atoms with Crippen LogP contribution in [0.3, 0.4) is 0 Å². The second kappa shape index (κ2) is 80.1. The van der Waals surface area contributed by atoms with E-state index in [2.05, 4.69) is 27.7 Å². The van der Waals surface area contributed by atoms with Crippen LogP contribution in [0.15, 0.2) is 0 Å². The second-order valence-electron chi connectivity index (χ2n) is 30.9. The van der Waals surface area contributed by atoms with Crippen LogP contribution in [0.2, 0.25) is 0 Å². The molecule has 19 heteroatoms. The number of phosphoric ester groups is 2. The smallest absolute Gasteiger partial charge is 0.462 e. The molecule has 0 aliphatic heterocycles. The molecule has 0 heterocycles. The quantitative estimate of drug-likeness (QED) is 0.0222. The van der Waals surface area contributed by atoms with Gasteiger partial charge in [-0.1, -0.05) is 419 Å². The first kappa shape index (κ1) is 103. The van der Waals surface area contributed by atoms with E-state index in [1.165, 1.54) is 302 Å². The summed E-state index contributed by atoms with van der Waals surface area (Å²) in [5.74, 6) is -2.10. The average molecular weight is 1540 g/mol. The highest BCUT2D eigenvalue weighted by Crippen LogP contribution is 2.45. The average Bonchev–Trinajstić information content (AvgIpc) is 0.995. The third kappa shape index (κ3) is 79.9. The molecule has 0 aliphatic carbocycles. The minimum Gasteiger partial charge on any atom is -0.462 e. The highest BCUT2D eigenvalue weighted by molar-refractivity contribution is 7.47. The van der Waals surface area contributed by atoms with Crippen LogP contribution in [-0.2, 0) is 65.4 Å². The van der Waals surface area contributed by atoms with Crippen molar-refractivity contribution in [2.24, 2.45) is 0 Å². The molecule has 0 aromatic carbocycles. The number of esters is 4. The van der Waals surface area contributed by atoms with Gasteiger partial charge in [-0.3, -0.25) is 37.3 Å². The SMILES string of the molecule is CCCCCCCCCCCCCCCCCCCCCCC(=O)O[C@H](COC(=O)CCCCCCCCCCCCCCCCCCCCC)COP(=O)(O)OC[C@@H](O)COP(=O)(O)OC[C@@H](COC(=O)CCCCCCCCCC)OC(=O)CCCCCCCCCCCCCCCCCCCC. The van der Waals surface area contributed by atoms with Gasteiger partial charge in [0.05, 0.1) is 26.4 Å². The van der Waals surface area contributed by atoms with Crippen molar-refractivity contribution in [2.45, 2.75) is 489 Å². The van der Waals surface area contributed by atoms with Crippen LogP contribution in [-0.4, -0.2) is 96.7 Å². The first-order valence-corrected chi connectivity index (χ1v) is 47.8. The summed E-state index contributed by atoms with van der Waals surface area (Å²) < 4.78 is 68.8. The molecule has 0 saturated carbocycles. The minimum atomic E-state index is -4.96. The first-order chi connectivity index (χ1) is 51.2. The van der Waals surface area contributed by atoms with Crippen molar-refractivity contribution in [2.75, 3.05) is 39.6 Å². The van der Waals surface area contributed by atoms with E-state index in [1.807, 2.05) is 0 Å². The fourth-order valence-corrected chi connectivity index (χ4v) is 15.1. The number of aliphatic hydroxyl groups is 1. The van der Waals surface area contributed by atoms with Gasteiger partial charge in [0.2, 0.25) is 0 Å². The van der Waals surface area contributed by atoms with Gasteiger partial charge in [0, 0.05) is 25.7 Å². The lowest BCUT2D eigenvalue weighted by Gasteiger charge is -2.21. The van der Waals surface area contributed by atoms with Gasteiger partial charge < -0.3 is 33.8 Å². The number of phosphoric acid groups is 2. The number of aliphatic hydroxyl groups excluding tert-OH is 1. The fraction of sp³-hybridized carbons (Fsp3) is 0.953. The van der Waals surface area contributed by atoms with Gasteiger partial charge in [-0.05, 0) is 25.7 Å². The predicted molar refractivity (Wildman–Crippen MR) is 432 cm³/mol. The Bertz CT molecular complexity index is 1980. The number of unbranched alkanes of at least 4 members (excludes halogenated alkanes) is 61. The molecule has 0 saturated heterocycles. The monoisotopic (exact) mass is 1540 g/mol. The summed E-state index contributed by atoms with van der Waals surface area (Å²) in [6.45, 7) is 5.03. The van der Waals surface area contributed by atoms with Gasteiger partial charge in [-0.15, -0.1) is 0 Å². The summed E-state index contributed by atoms with van der Waals surface area (Å²) in [4.78, 5) is 73.1. The summed E-state index contributed by atoms with van der Waals surface area (Å²) >= 11 is 0. The highest BCUT2D eigenvalue weighted by atomic mass is 31.2. The summed E-state index contributed by atoms with van der Waals surface area (Å²) in [6.07, 6.45) is 75.2. The number of hydrogen-bond donors (Lipinski definition) is 3. The zero-order chi connectivity index (χ0) is 76.7. The van der Waals surface area contributed by atoms with Crippen molar-refractivity contribution in [3.05, 3.63) is 0 Å². The maximum atomic E-state index is 13.1. The fourth-order valence-electron chi connectivity index (χ4n) is 13.5. The molecule has 0 aromatic heterocycles. The molecular weight excluding hydrogens is 1370 g/mol. The van der Waals surface area contributed by atoms with E-state index in [-0.39, 0.29) is 25.7 Å². The van der Waals surface area contributed by atoms with Crippen LogP contribution >= 0.6 is 15.6 Å². The Labute approximate surface area is 645 Å². The zero-order valence-electron chi connectivity index (χ0n) is 68.7. The van der Waals surface area contributed by atoms with Crippen LogP contribution < -0.4 is 0 Å². The Morgan fingerprint density at radius 3 is 0.562 bits per heavy atom. The van der Waals surface area contributed by atoms with E-state index in [1.54, 1.807) is 0 Å². The predicted octanol–water partition coefficient (Wildman–Crippen LogP) is 26.5. The topological polar surface area (TPSA) is 237 Å². The van der Waals surface area contributed by atoms with Crippen molar-refractivity contribution in [3.63, 3.8) is 0 Å². The van der Waals surface area contributed by atoms with Gasteiger partial charge in [-0.25, -0.2) is 9.13 Å². The summed E-state index contributed by atoms with van der Waals surface area (Å²) in [7, 11) is -9.92. The molecule has 0 spiro atoms. The molecule has 105 heavy (non-hydrogen) atoms. The normalized spacial score (nSPS) is 13.7. The Hall–Kier alpha value is -1.94. The Morgan fingerprint density at radius 1 is 0.229 bits per heavy atom. The van der Waals surface area contributed by atoms with E-state index < -0.39 is 97.5 Å². The van der Waals surface area contributed by atoms with Crippen molar-refractivity contribution in [1.29, 1.82) is 0 Å². The van der Waals surface area contributed by atoms with Crippen LogP contribution in [0.5, 0.6) is 0 Å². The highest BCUT2D eigenvalue weighted by Gasteiger charge is 2.30. The molecule has 5 atom stereocenters. The van der Waals surface area contributed by atoms with Crippen molar-refractivity contribution in [1.82, 2.24) is 0 Å². The molecule has 0 amide bonds. The molecule has 0 bridgehead atoms. The van der Waals surface area contributed by atoms with E-state index in [9.17, 15) is 43.2 Å². The van der Waals surface area contributed by atoms with Crippen LogP contribution in [0.1, 0.15) is 471 Å². The lowest BCUT2D eigenvalue weighted by atomic mass is 10.0. The number of carbonyl (C=O) groups excluding carboxylic acids is 4. The largest absolute Gasteiger partial charge is 0.472 e. The number of ether oxygens (including phenoxy) is 4. The molecule has 3 N–H and O–H groups in total. The van der Waals surface area contributed by atoms with Crippen LogP contribution in [0.4, 0.5) is 0 Å². The summed E-state index contributed by atoms with van der Waals surface area (Å²) in [5, 5.41) is 10.7. The second-order valence-corrected chi connectivity index (χ2v) is 33.8. The van der Waals surface area contributed by atoms with E-state index in [0.29, 0.717) is 25.7 Å². The van der Waals surface area contributed by atoms with Gasteiger partial charge >= 0.3 is 39.5 Å². The maximum Gasteiger partial charge on any atom is 0.472 e. The third-order valence-corrected chi connectivity index (χ3v) is 22.3. The summed E-state index contributed by atoms with van der Waals surface area (Å²) in [6, 6.07) is 0. The van der Waals surface area contributed by atoms with Crippen molar-refractivity contribution >= 4 is 39.5 Å². The number of rotatable bonds is 87. The molecular formula is C86H168O17P2. The zero-order valence-corrected chi connectivity index (χ0v) is 70.5. The number of hydrogen-bond acceptors (Lipinski definition) is 15. The Morgan fingerprint density at radius 2 is 0.381 bits per heavy atom. The van der Waals surface area contributed by atoms with Crippen molar-refractivity contribution < 1.29 is 80.2 Å². The van der Waals surface area contributed by atoms with Gasteiger partial charge in [0.15, 0.2) is 12.2 Å². The molecule has 17 nitrogen and oxygen atoms in total. The first-order valence-electron chi connectivity index (χ1n) is 44.8. The van der Waals surface area contributed by atoms with Gasteiger partial charge in [-0.2, -0.15) is 0 Å². The molecule has 0 fully saturated rings. The lowest BCUT2D eigenvalue weighted by molar-refractivity contribution is -0.161. The van der Waals surface area contributed by atoms with Gasteiger partial charge in [0.1, 0.15) is 19.3 Å². The molecule has 624 valence electrons. The van der Waals surface area contributed by atoms with Crippen molar-refractivity contribution in [3.8, 4) is 0 Å². The van der Waals surface area contributed by atoms with E-state index in [4.69, 9.17) is 37.0 Å². The Balaban J connectivity index is 5.18. The van der Waals surface area contributed by atoms with E-state index >= 15 is 0 Å². The Kier molecular flexibility index (Phi) is 78.6. The number of carbonyl (C=O) groups is 4. The van der Waals surface area contributed by atoms with E-state index in [0.717, 1.165) is 89.9 Å². The third-order valence-electron chi connectivity index (χ3n) is 20.4. The molecule has 0 rings (SSSR count). The molecule has 0 aliphatic rings. The van der Waals surface area contributed by atoms with Crippen LogP contribution in [0, 0.1) is 0 Å². The molecule has 0 aromatic rings. The van der Waals surface area contributed by atoms with Gasteiger partial charge in [0.25, 0.3) is 0 Å². The lowest BCUT2D eigenvalue weighted by Crippen LogP contribution is -2.30. The minimum absolute atomic E-state index is 0.109. The maximum absolute atomic E-state index is 13.1. The summed E-state index contributed by atoms with van der Waals surface area (Å²) in [5.41, 5.74) is 0. The standard InChI is InChI=1S/C86H168O17P2/c1-5-9-13-17-21-25-28-31-34-37-40-42-45-48-51-54-57-61-65-69-73-86(91)103-82(77-97-84(89)71-67-63-59-55-52-49-46-44-41-38-35-32-29-26-22-18-14-10-6-2)79-101-105(94,95)99-75-80(87)74-98-104(92,93)100-78-81(76-96-83(88)70-66-62-58-24-20-16-12-8-4)102-85(90)72-68-64-60-56-53-50-47-43-39-36-33-30-27-23-19-15-11-7-3/h80-82,87H,5-79H2,1-4H3,(H,92,93)(H,94,95)/t80-,81+,82+/m0/s1. The molecule has 0 radical (unpaired) electrons.